The standard InChI is InChI=1S/C21H17N3O2S/c1-26-18-4-2-3-15(13-18)5-10-20(25)22-17-8-6-16(7-9-17)19-14-24-11-12-27-21(24)23-19/h2-14H,1H3,(H,22,25). The van der Waals surface area contributed by atoms with Gasteiger partial charge in [-0.05, 0) is 35.9 Å². The largest absolute Gasteiger partial charge is 0.497 e. The molecule has 0 aliphatic heterocycles. The fourth-order valence-corrected chi connectivity index (χ4v) is 3.39. The third kappa shape index (κ3) is 3.91. The van der Waals surface area contributed by atoms with Crippen molar-refractivity contribution < 1.29 is 9.53 Å². The quantitative estimate of drug-likeness (QED) is 0.513. The molecular weight excluding hydrogens is 358 g/mol. The van der Waals surface area contributed by atoms with E-state index in [0.717, 1.165) is 33.2 Å². The highest BCUT2D eigenvalue weighted by atomic mass is 32.1. The topological polar surface area (TPSA) is 55.6 Å². The Labute approximate surface area is 160 Å². The molecule has 5 nitrogen and oxygen atoms in total. The summed E-state index contributed by atoms with van der Waals surface area (Å²) in [5, 5.41) is 4.86. The second-order valence-corrected chi connectivity index (χ2v) is 6.77. The fourth-order valence-electron chi connectivity index (χ4n) is 2.69. The summed E-state index contributed by atoms with van der Waals surface area (Å²) in [5.41, 5.74) is 3.56. The van der Waals surface area contributed by atoms with Crippen LogP contribution in [0, 0.1) is 0 Å². The lowest BCUT2D eigenvalue weighted by atomic mass is 10.1. The van der Waals surface area contributed by atoms with E-state index in [9.17, 15) is 4.79 Å². The Hall–Kier alpha value is -3.38. The molecule has 0 radical (unpaired) electrons. The van der Waals surface area contributed by atoms with Gasteiger partial charge in [-0.1, -0.05) is 24.3 Å². The number of nitrogens with zero attached hydrogens (tertiary/aromatic N) is 2. The molecule has 0 atom stereocenters. The zero-order valence-electron chi connectivity index (χ0n) is 14.6. The number of ether oxygens (including phenoxy) is 1. The second-order valence-electron chi connectivity index (χ2n) is 5.90. The number of thiazole rings is 1. The van der Waals surface area contributed by atoms with Crippen LogP contribution in [0.2, 0.25) is 0 Å². The van der Waals surface area contributed by atoms with Gasteiger partial charge in [0.15, 0.2) is 4.96 Å². The minimum absolute atomic E-state index is 0.187. The molecule has 0 aliphatic carbocycles. The summed E-state index contributed by atoms with van der Waals surface area (Å²) < 4.78 is 7.18. The number of carbonyl (C=O) groups excluding carboxylic acids is 1. The van der Waals surface area contributed by atoms with E-state index in [2.05, 4.69) is 10.3 Å². The van der Waals surface area contributed by atoms with Crippen molar-refractivity contribution in [1.82, 2.24) is 9.38 Å². The second kappa shape index (κ2) is 7.47. The van der Waals surface area contributed by atoms with Gasteiger partial charge in [-0.3, -0.25) is 9.20 Å². The predicted octanol–water partition coefficient (Wildman–Crippen LogP) is 4.72. The maximum Gasteiger partial charge on any atom is 0.248 e. The molecule has 27 heavy (non-hydrogen) atoms. The number of fused-ring (bicyclic) bond motifs is 1. The van der Waals surface area contributed by atoms with Crippen molar-refractivity contribution >= 4 is 34.0 Å². The lowest BCUT2D eigenvalue weighted by molar-refractivity contribution is -0.111. The van der Waals surface area contributed by atoms with E-state index in [0.29, 0.717) is 0 Å². The molecule has 4 rings (SSSR count). The number of benzene rings is 2. The summed E-state index contributed by atoms with van der Waals surface area (Å²) in [4.78, 5) is 17.7. The number of nitrogens with one attached hydrogen (secondary N) is 1. The number of hydrogen-bond acceptors (Lipinski definition) is 4. The van der Waals surface area contributed by atoms with Gasteiger partial charge in [0.1, 0.15) is 5.75 Å². The molecular formula is C21H17N3O2S. The lowest BCUT2D eigenvalue weighted by Gasteiger charge is -2.04. The van der Waals surface area contributed by atoms with E-state index in [1.165, 1.54) is 6.08 Å². The summed E-state index contributed by atoms with van der Waals surface area (Å²) in [6.07, 6.45) is 7.24. The van der Waals surface area contributed by atoms with Crippen molar-refractivity contribution in [2.45, 2.75) is 0 Å². The molecule has 2 aromatic carbocycles. The summed E-state index contributed by atoms with van der Waals surface area (Å²) >= 11 is 1.60. The van der Waals surface area contributed by atoms with Crippen molar-refractivity contribution in [2.75, 3.05) is 12.4 Å². The summed E-state index contributed by atoms with van der Waals surface area (Å²) in [6, 6.07) is 15.2. The predicted molar refractivity (Wildman–Crippen MR) is 109 cm³/mol. The number of amides is 1. The smallest absolute Gasteiger partial charge is 0.248 e. The number of anilines is 1. The zero-order valence-corrected chi connectivity index (χ0v) is 15.4. The number of carbonyl (C=O) groups is 1. The van der Waals surface area contributed by atoms with Gasteiger partial charge in [0, 0.05) is 35.1 Å². The van der Waals surface area contributed by atoms with E-state index in [1.807, 2.05) is 70.7 Å². The van der Waals surface area contributed by atoms with Gasteiger partial charge >= 0.3 is 0 Å². The van der Waals surface area contributed by atoms with Crippen LogP contribution in [0.1, 0.15) is 5.56 Å². The number of methoxy groups -OCH3 is 1. The van der Waals surface area contributed by atoms with Crippen LogP contribution in [0.4, 0.5) is 5.69 Å². The number of aromatic nitrogens is 2. The van der Waals surface area contributed by atoms with Gasteiger partial charge in [0.25, 0.3) is 0 Å². The molecule has 6 heteroatoms. The van der Waals surface area contributed by atoms with E-state index in [1.54, 1.807) is 24.5 Å². The van der Waals surface area contributed by atoms with Gasteiger partial charge in [-0.25, -0.2) is 4.98 Å². The third-order valence-corrected chi connectivity index (χ3v) is 4.83. The molecule has 2 aromatic heterocycles. The first-order chi connectivity index (χ1) is 13.2. The SMILES string of the molecule is COc1cccc(C=CC(=O)Nc2ccc(-c3cn4ccsc4n3)cc2)c1. The van der Waals surface area contributed by atoms with E-state index < -0.39 is 0 Å². The maximum atomic E-state index is 12.1. The average molecular weight is 375 g/mol. The normalized spacial score (nSPS) is 11.1. The first-order valence-electron chi connectivity index (χ1n) is 8.37. The molecule has 1 amide bonds. The highest BCUT2D eigenvalue weighted by Crippen LogP contribution is 2.23. The Balaban J connectivity index is 1.42. The molecule has 0 aliphatic rings. The first kappa shape index (κ1) is 17.1. The van der Waals surface area contributed by atoms with E-state index >= 15 is 0 Å². The molecule has 0 spiro atoms. The molecule has 1 N–H and O–H groups in total. The average Bonchev–Trinajstić information content (AvgIpc) is 3.29. The monoisotopic (exact) mass is 375 g/mol. The Kier molecular flexibility index (Phi) is 4.72. The summed E-state index contributed by atoms with van der Waals surface area (Å²) in [7, 11) is 1.62. The van der Waals surface area contributed by atoms with Crippen LogP contribution in [-0.2, 0) is 4.79 Å². The van der Waals surface area contributed by atoms with Crippen LogP contribution >= 0.6 is 11.3 Å². The Morgan fingerprint density at radius 1 is 1.22 bits per heavy atom. The van der Waals surface area contributed by atoms with Gasteiger partial charge in [-0.15, -0.1) is 11.3 Å². The van der Waals surface area contributed by atoms with Crippen LogP contribution in [0.3, 0.4) is 0 Å². The minimum Gasteiger partial charge on any atom is -0.497 e. The lowest BCUT2D eigenvalue weighted by Crippen LogP contribution is -2.07. The zero-order chi connectivity index (χ0) is 18.6. The summed E-state index contributed by atoms with van der Waals surface area (Å²) in [5.74, 6) is 0.570. The van der Waals surface area contributed by atoms with Gasteiger partial charge in [-0.2, -0.15) is 0 Å². The van der Waals surface area contributed by atoms with Gasteiger partial charge < -0.3 is 10.1 Å². The van der Waals surface area contributed by atoms with E-state index in [4.69, 9.17) is 4.74 Å². The highest BCUT2D eigenvalue weighted by Gasteiger charge is 2.05. The molecule has 0 unspecified atom stereocenters. The van der Waals surface area contributed by atoms with Crippen molar-refractivity contribution in [1.29, 1.82) is 0 Å². The molecule has 0 saturated carbocycles. The van der Waals surface area contributed by atoms with Gasteiger partial charge in [0.2, 0.25) is 5.91 Å². The van der Waals surface area contributed by atoms with Crippen molar-refractivity contribution in [3.63, 3.8) is 0 Å². The Morgan fingerprint density at radius 2 is 2.07 bits per heavy atom. The van der Waals surface area contributed by atoms with Crippen LogP contribution in [0.25, 0.3) is 22.3 Å². The molecule has 0 saturated heterocycles. The Bertz CT molecular complexity index is 1080. The third-order valence-electron chi connectivity index (χ3n) is 4.06. The molecule has 2 heterocycles. The number of rotatable bonds is 5. The van der Waals surface area contributed by atoms with Crippen LogP contribution in [0.5, 0.6) is 5.75 Å². The van der Waals surface area contributed by atoms with Crippen molar-refractivity contribution in [3.05, 3.63) is 77.9 Å². The molecule has 0 bridgehead atoms. The first-order valence-corrected chi connectivity index (χ1v) is 9.25. The maximum absolute atomic E-state index is 12.1. The number of hydrogen-bond donors (Lipinski definition) is 1. The Morgan fingerprint density at radius 3 is 2.85 bits per heavy atom. The van der Waals surface area contributed by atoms with E-state index in [-0.39, 0.29) is 5.91 Å². The highest BCUT2D eigenvalue weighted by molar-refractivity contribution is 7.15. The molecule has 4 aromatic rings. The molecule has 0 fully saturated rings. The molecule has 134 valence electrons. The van der Waals surface area contributed by atoms with Crippen molar-refractivity contribution in [2.24, 2.45) is 0 Å². The van der Waals surface area contributed by atoms with Crippen molar-refractivity contribution in [3.8, 4) is 17.0 Å². The van der Waals surface area contributed by atoms with Crippen LogP contribution < -0.4 is 10.1 Å². The fraction of sp³-hybridized carbons (Fsp3) is 0.0476. The minimum atomic E-state index is -0.187. The van der Waals surface area contributed by atoms with Crippen LogP contribution in [-0.4, -0.2) is 22.4 Å². The number of imidazole rings is 1. The van der Waals surface area contributed by atoms with Crippen LogP contribution in [0.15, 0.2) is 72.4 Å². The summed E-state index contributed by atoms with van der Waals surface area (Å²) in [6.45, 7) is 0. The van der Waals surface area contributed by atoms with Gasteiger partial charge in [0.05, 0.1) is 12.8 Å².